The summed E-state index contributed by atoms with van der Waals surface area (Å²) in [5.74, 6) is -0.360. The predicted octanol–water partition coefficient (Wildman–Crippen LogP) is 3.61. The molecule has 2 aromatic carbocycles. The highest BCUT2D eigenvalue weighted by atomic mass is 35.5. The number of alkyl halides is 1. The molecule has 0 radical (unpaired) electrons. The second-order valence-corrected chi connectivity index (χ2v) is 4.92. The lowest BCUT2D eigenvalue weighted by molar-refractivity contribution is 0.0962. The molecule has 0 N–H and O–H groups in total. The van der Waals surface area contributed by atoms with Crippen LogP contribution in [0.1, 0.15) is 15.9 Å². The fourth-order valence-electron chi connectivity index (χ4n) is 1.87. The van der Waals surface area contributed by atoms with Gasteiger partial charge in [0.25, 0.3) is 0 Å². The van der Waals surface area contributed by atoms with E-state index in [1.165, 1.54) is 0 Å². The molecule has 0 heterocycles. The minimum atomic E-state index is -1.55. The number of carbonyl (C=O) groups excluding carboxylic acids is 1. The van der Waals surface area contributed by atoms with Crippen molar-refractivity contribution in [2.24, 2.45) is 0 Å². The molecule has 3 heteroatoms. The Morgan fingerprint density at radius 1 is 1.05 bits per heavy atom. The molecule has 0 aliphatic rings. The molecule has 0 aliphatic carbocycles. The van der Waals surface area contributed by atoms with Crippen LogP contribution in [0.2, 0.25) is 0 Å². The average Bonchev–Trinajstić information content (AvgIpc) is 2.48. The first-order valence-electron chi connectivity index (χ1n) is 5.90. The summed E-state index contributed by atoms with van der Waals surface area (Å²) < 4.78 is 0. The number of nitriles is 1. The maximum Gasteiger partial charge on any atom is 0.198 e. The third kappa shape index (κ3) is 3.01. The van der Waals surface area contributed by atoms with Crippen molar-refractivity contribution in [2.75, 3.05) is 0 Å². The molecule has 2 rings (SSSR count). The Kier molecular flexibility index (Phi) is 3.99. The lowest BCUT2D eigenvalue weighted by Crippen LogP contribution is -2.33. The van der Waals surface area contributed by atoms with Gasteiger partial charge in [0.15, 0.2) is 10.7 Å². The van der Waals surface area contributed by atoms with Gasteiger partial charge in [-0.3, -0.25) is 4.79 Å². The van der Waals surface area contributed by atoms with Crippen molar-refractivity contribution in [1.82, 2.24) is 0 Å². The van der Waals surface area contributed by atoms with Crippen molar-refractivity contribution in [2.45, 2.75) is 11.3 Å². The topological polar surface area (TPSA) is 40.9 Å². The van der Waals surface area contributed by atoms with Gasteiger partial charge in [-0.2, -0.15) is 5.26 Å². The van der Waals surface area contributed by atoms with Crippen LogP contribution in [0.3, 0.4) is 0 Å². The standard InChI is InChI=1S/C16H12ClNO/c17-16(12-18,11-13-7-3-1-4-8-13)15(19)14-9-5-2-6-10-14/h1-10H,11H2. The first-order valence-corrected chi connectivity index (χ1v) is 6.27. The van der Waals surface area contributed by atoms with Crippen molar-refractivity contribution in [3.8, 4) is 6.07 Å². The Morgan fingerprint density at radius 2 is 1.58 bits per heavy atom. The molecule has 0 aromatic heterocycles. The second kappa shape index (κ2) is 5.69. The first kappa shape index (κ1) is 13.3. The van der Waals surface area contributed by atoms with Crippen molar-refractivity contribution in [3.05, 3.63) is 71.8 Å². The molecule has 0 spiro atoms. The fourth-order valence-corrected chi connectivity index (χ4v) is 2.13. The summed E-state index contributed by atoms with van der Waals surface area (Å²) in [6, 6.07) is 19.9. The summed E-state index contributed by atoms with van der Waals surface area (Å²) in [5, 5.41) is 9.28. The zero-order chi connectivity index (χ0) is 13.7. The number of halogens is 1. The highest BCUT2D eigenvalue weighted by Gasteiger charge is 2.37. The summed E-state index contributed by atoms with van der Waals surface area (Å²) in [7, 11) is 0. The van der Waals surface area contributed by atoms with E-state index in [0.717, 1.165) is 5.56 Å². The van der Waals surface area contributed by atoms with E-state index in [1.807, 2.05) is 42.5 Å². The average molecular weight is 270 g/mol. The number of ketones is 1. The Hall–Kier alpha value is -2.11. The normalized spacial score (nSPS) is 13.3. The van der Waals surface area contributed by atoms with Crippen LogP contribution < -0.4 is 0 Å². The fraction of sp³-hybridized carbons (Fsp3) is 0.125. The maximum absolute atomic E-state index is 12.3. The van der Waals surface area contributed by atoms with E-state index in [-0.39, 0.29) is 12.2 Å². The summed E-state index contributed by atoms with van der Waals surface area (Å²) >= 11 is 6.23. The number of nitrogens with zero attached hydrogens (tertiary/aromatic N) is 1. The molecule has 94 valence electrons. The number of benzene rings is 2. The van der Waals surface area contributed by atoms with E-state index >= 15 is 0 Å². The molecular formula is C16H12ClNO. The molecule has 2 aromatic rings. The number of rotatable bonds is 4. The van der Waals surface area contributed by atoms with E-state index in [1.54, 1.807) is 24.3 Å². The van der Waals surface area contributed by atoms with Crippen molar-refractivity contribution in [1.29, 1.82) is 5.26 Å². The quantitative estimate of drug-likeness (QED) is 0.628. The van der Waals surface area contributed by atoms with Crippen LogP contribution in [0, 0.1) is 11.3 Å². The SMILES string of the molecule is N#CC(Cl)(Cc1ccccc1)C(=O)c1ccccc1. The molecule has 0 bridgehead atoms. The van der Waals surface area contributed by atoms with E-state index in [9.17, 15) is 10.1 Å². The van der Waals surface area contributed by atoms with Gasteiger partial charge < -0.3 is 0 Å². The van der Waals surface area contributed by atoms with Crippen LogP contribution in [-0.4, -0.2) is 10.7 Å². The Balaban J connectivity index is 2.29. The largest absolute Gasteiger partial charge is 0.291 e. The molecule has 1 atom stereocenters. The van der Waals surface area contributed by atoms with Crippen LogP contribution in [0.5, 0.6) is 0 Å². The van der Waals surface area contributed by atoms with Gasteiger partial charge in [0.2, 0.25) is 0 Å². The zero-order valence-electron chi connectivity index (χ0n) is 10.2. The summed E-state index contributed by atoms with van der Waals surface area (Å²) in [4.78, 5) is 10.8. The summed E-state index contributed by atoms with van der Waals surface area (Å²) in [6.45, 7) is 0. The van der Waals surface area contributed by atoms with Gasteiger partial charge >= 0.3 is 0 Å². The minimum absolute atomic E-state index is 0.194. The van der Waals surface area contributed by atoms with Gasteiger partial charge in [0, 0.05) is 12.0 Å². The lowest BCUT2D eigenvalue weighted by atomic mass is 9.91. The van der Waals surface area contributed by atoms with Gasteiger partial charge in [-0.1, -0.05) is 72.3 Å². The van der Waals surface area contributed by atoms with E-state index < -0.39 is 4.87 Å². The molecule has 1 unspecified atom stereocenters. The van der Waals surface area contributed by atoms with Gasteiger partial charge in [-0.15, -0.1) is 0 Å². The number of hydrogen-bond acceptors (Lipinski definition) is 2. The van der Waals surface area contributed by atoms with Crippen molar-refractivity contribution < 1.29 is 4.79 Å². The lowest BCUT2D eigenvalue weighted by Gasteiger charge is -2.17. The summed E-state index contributed by atoms with van der Waals surface area (Å²) in [5.41, 5.74) is 1.32. The first-order chi connectivity index (χ1) is 9.15. The smallest absolute Gasteiger partial charge is 0.198 e. The van der Waals surface area contributed by atoms with Crippen LogP contribution in [0.25, 0.3) is 0 Å². The monoisotopic (exact) mass is 269 g/mol. The van der Waals surface area contributed by atoms with Crippen LogP contribution >= 0.6 is 11.6 Å². The highest BCUT2D eigenvalue weighted by Crippen LogP contribution is 2.25. The third-order valence-electron chi connectivity index (χ3n) is 2.86. The Bertz CT molecular complexity index is 604. The molecule has 2 nitrogen and oxygen atoms in total. The third-order valence-corrected chi connectivity index (χ3v) is 3.25. The molecule has 0 saturated heterocycles. The Labute approximate surface area is 117 Å². The van der Waals surface area contributed by atoms with Crippen LogP contribution in [-0.2, 0) is 6.42 Å². The number of hydrogen-bond donors (Lipinski definition) is 0. The van der Waals surface area contributed by atoms with Gasteiger partial charge in [-0.25, -0.2) is 0 Å². The van der Waals surface area contributed by atoms with Gasteiger partial charge in [0.1, 0.15) is 0 Å². The highest BCUT2D eigenvalue weighted by molar-refractivity contribution is 6.40. The van der Waals surface area contributed by atoms with Crippen LogP contribution in [0.4, 0.5) is 0 Å². The Morgan fingerprint density at radius 3 is 2.11 bits per heavy atom. The van der Waals surface area contributed by atoms with Crippen molar-refractivity contribution >= 4 is 17.4 Å². The van der Waals surface area contributed by atoms with Gasteiger partial charge in [-0.05, 0) is 5.56 Å². The maximum atomic E-state index is 12.3. The molecule has 0 saturated carbocycles. The summed E-state index contributed by atoms with van der Waals surface area (Å²) in [6.07, 6.45) is 0.194. The zero-order valence-corrected chi connectivity index (χ0v) is 11.0. The second-order valence-electron chi connectivity index (χ2n) is 4.27. The predicted molar refractivity (Wildman–Crippen MR) is 75.1 cm³/mol. The number of carbonyl (C=O) groups is 1. The van der Waals surface area contributed by atoms with E-state index in [2.05, 4.69) is 0 Å². The molecule has 0 aliphatic heterocycles. The van der Waals surface area contributed by atoms with E-state index in [4.69, 9.17) is 11.6 Å². The van der Waals surface area contributed by atoms with Crippen molar-refractivity contribution in [3.63, 3.8) is 0 Å². The van der Waals surface area contributed by atoms with Gasteiger partial charge in [0.05, 0.1) is 6.07 Å². The van der Waals surface area contributed by atoms with Crippen LogP contribution in [0.15, 0.2) is 60.7 Å². The molecule has 19 heavy (non-hydrogen) atoms. The molecular weight excluding hydrogens is 258 g/mol. The minimum Gasteiger partial charge on any atom is -0.291 e. The van der Waals surface area contributed by atoms with E-state index in [0.29, 0.717) is 5.56 Å². The number of Topliss-reactive ketones (excluding diaryl/α,β-unsaturated/α-hetero) is 1. The molecule has 0 fully saturated rings. The molecule has 0 amide bonds.